The van der Waals surface area contributed by atoms with E-state index in [4.69, 9.17) is 0 Å². The molecule has 1 heterocycles. The maximum Gasteiger partial charge on any atom is 0.254 e. The fraction of sp³-hybridized carbons (Fsp3) is 0.440. The van der Waals surface area contributed by atoms with Crippen molar-refractivity contribution in [3.05, 3.63) is 71.0 Å². The maximum atomic E-state index is 13.8. The van der Waals surface area contributed by atoms with Gasteiger partial charge in [-0.1, -0.05) is 42.0 Å². The molecule has 0 unspecified atom stereocenters. The predicted octanol–water partition coefficient (Wildman–Crippen LogP) is 3.39. The van der Waals surface area contributed by atoms with Crippen molar-refractivity contribution in [2.75, 3.05) is 19.6 Å². The van der Waals surface area contributed by atoms with Gasteiger partial charge in [-0.05, 0) is 56.2 Å². The summed E-state index contributed by atoms with van der Waals surface area (Å²) in [6.45, 7) is 3.35. The number of carbonyl (C=O) groups excluding carboxylic acids is 2. The first-order valence-electron chi connectivity index (χ1n) is 11.1. The van der Waals surface area contributed by atoms with Crippen molar-refractivity contribution >= 4 is 11.8 Å². The average Bonchev–Trinajstić information content (AvgIpc) is 2.76. The minimum absolute atomic E-state index is 0.0336. The van der Waals surface area contributed by atoms with E-state index in [1.807, 2.05) is 0 Å². The van der Waals surface area contributed by atoms with Crippen LogP contribution in [0.15, 0.2) is 48.5 Å². The molecular formula is C25H30FN3O2. The molecule has 2 amide bonds. The number of carbonyl (C=O) groups is 2. The SMILES string of the molecule is Cc1ccc(F)c(C(=O)NCC(=O)NC2CN(C3CCC(c4ccccc4)CC3)C2)c1. The number of nitrogens with zero attached hydrogens (tertiary/aromatic N) is 1. The Labute approximate surface area is 183 Å². The van der Waals surface area contributed by atoms with Gasteiger partial charge in [0.1, 0.15) is 5.82 Å². The van der Waals surface area contributed by atoms with E-state index >= 15 is 0 Å². The lowest BCUT2D eigenvalue weighted by atomic mass is 9.80. The molecule has 4 rings (SSSR count). The number of halogens is 1. The Morgan fingerprint density at radius 3 is 2.45 bits per heavy atom. The third-order valence-corrected chi connectivity index (χ3v) is 6.53. The van der Waals surface area contributed by atoms with Crippen LogP contribution in [0, 0.1) is 12.7 Å². The monoisotopic (exact) mass is 423 g/mol. The molecule has 2 aromatic carbocycles. The van der Waals surface area contributed by atoms with Gasteiger partial charge in [0.25, 0.3) is 5.91 Å². The van der Waals surface area contributed by atoms with Gasteiger partial charge in [0.15, 0.2) is 0 Å². The zero-order valence-electron chi connectivity index (χ0n) is 17.9. The van der Waals surface area contributed by atoms with E-state index in [0.29, 0.717) is 12.0 Å². The molecule has 0 atom stereocenters. The molecule has 1 aliphatic carbocycles. The van der Waals surface area contributed by atoms with Crippen LogP contribution < -0.4 is 10.6 Å². The first-order chi connectivity index (χ1) is 15.0. The molecule has 2 aliphatic rings. The van der Waals surface area contributed by atoms with Gasteiger partial charge in [0.2, 0.25) is 5.91 Å². The lowest BCUT2D eigenvalue weighted by molar-refractivity contribution is -0.122. The number of amides is 2. The Hall–Kier alpha value is -2.73. The molecular weight excluding hydrogens is 393 g/mol. The zero-order valence-corrected chi connectivity index (χ0v) is 17.9. The second kappa shape index (κ2) is 9.60. The summed E-state index contributed by atoms with van der Waals surface area (Å²) in [6, 6.07) is 15.8. The summed E-state index contributed by atoms with van der Waals surface area (Å²) < 4.78 is 13.8. The molecule has 1 aliphatic heterocycles. The van der Waals surface area contributed by atoms with Crippen LogP contribution in [0.1, 0.15) is 53.1 Å². The van der Waals surface area contributed by atoms with E-state index in [0.717, 1.165) is 18.7 Å². The first-order valence-corrected chi connectivity index (χ1v) is 11.1. The standard InChI is InChI=1S/C25H30FN3O2/c1-17-7-12-23(26)22(13-17)25(31)27-14-24(30)28-20-15-29(16-20)21-10-8-19(9-11-21)18-5-3-2-4-6-18/h2-7,12-13,19-21H,8-11,14-16H2,1H3,(H,27,31)(H,28,30). The Kier molecular flexibility index (Phi) is 6.66. The highest BCUT2D eigenvalue weighted by molar-refractivity contribution is 5.96. The molecule has 164 valence electrons. The second-order valence-corrected chi connectivity index (χ2v) is 8.80. The highest BCUT2D eigenvalue weighted by Gasteiger charge is 2.35. The Balaban J connectivity index is 1.15. The lowest BCUT2D eigenvalue weighted by Crippen LogP contribution is -2.63. The third-order valence-electron chi connectivity index (χ3n) is 6.53. The van der Waals surface area contributed by atoms with Crippen LogP contribution in [0.25, 0.3) is 0 Å². The summed E-state index contributed by atoms with van der Waals surface area (Å²) in [5, 5.41) is 5.47. The molecule has 2 N–H and O–H groups in total. The molecule has 6 heteroatoms. The highest BCUT2D eigenvalue weighted by atomic mass is 19.1. The van der Waals surface area contributed by atoms with Crippen molar-refractivity contribution in [3.8, 4) is 0 Å². The minimum Gasteiger partial charge on any atom is -0.349 e. The van der Waals surface area contributed by atoms with Crippen molar-refractivity contribution in [1.82, 2.24) is 15.5 Å². The maximum absolute atomic E-state index is 13.8. The van der Waals surface area contributed by atoms with Crippen LogP contribution in [0.4, 0.5) is 4.39 Å². The molecule has 2 aromatic rings. The van der Waals surface area contributed by atoms with Crippen LogP contribution >= 0.6 is 0 Å². The second-order valence-electron chi connectivity index (χ2n) is 8.80. The molecule has 5 nitrogen and oxygen atoms in total. The van der Waals surface area contributed by atoms with E-state index in [-0.39, 0.29) is 24.1 Å². The van der Waals surface area contributed by atoms with Gasteiger partial charge in [0, 0.05) is 19.1 Å². The highest BCUT2D eigenvalue weighted by Crippen LogP contribution is 2.35. The summed E-state index contributed by atoms with van der Waals surface area (Å²) in [6.07, 6.45) is 4.81. The molecule has 0 bridgehead atoms. The van der Waals surface area contributed by atoms with Gasteiger partial charge in [0.05, 0.1) is 18.2 Å². The molecule has 0 spiro atoms. The fourth-order valence-corrected chi connectivity index (χ4v) is 4.75. The first kappa shape index (κ1) is 21.5. The van der Waals surface area contributed by atoms with E-state index < -0.39 is 11.7 Å². The Morgan fingerprint density at radius 2 is 1.74 bits per heavy atom. The van der Waals surface area contributed by atoms with Crippen LogP contribution in [-0.4, -0.2) is 48.4 Å². The molecule has 0 aromatic heterocycles. The number of likely N-dealkylation sites (tertiary alicyclic amines) is 1. The van der Waals surface area contributed by atoms with Gasteiger partial charge in [-0.15, -0.1) is 0 Å². The summed E-state index contributed by atoms with van der Waals surface area (Å²) in [5.74, 6) is -0.725. The number of aryl methyl sites for hydroxylation is 1. The predicted molar refractivity (Wildman–Crippen MR) is 118 cm³/mol. The van der Waals surface area contributed by atoms with Gasteiger partial charge in [-0.2, -0.15) is 0 Å². The molecule has 2 fully saturated rings. The summed E-state index contributed by atoms with van der Waals surface area (Å²) in [7, 11) is 0. The van der Waals surface area contributed by atoms with E-state index in [2.05, 4.69) is 45.9 Å². The molecule has 1 saturated heterocycles. The summed E-state index contributed by atoms with van der Waals surface area (Å²) in [5.41, 5.74) is 2.21. The smallest absolute Gasteiger partial charge is 0.254 e. The van der Waals surface area contributed by atoms with Gasteiger partial charge < -0.3 is 10.6 Å². The van der Waals surface area contributed by atoms with Crippen LogP contribution in [0.5, 0.6) is 0 Å². The number of rotatable bonds is 6. The number of nitrogens with one attached hydrogen (secondary N) is 2. The van der Waals surface area contributed by atoms with Crippen molar-refractivity contribution in [3.63, 3.8) is 0 Å². The van der Waals surface area contributed by atoms with E-state index in [1.54, 1.807) is 13.0 Å². The Morgan fingerprint density at radius 1 is 1.03 bits per heavy atom. The van der Waals surface area contributed by atoms with Gasteiger partial charge in [-0.25, -0.2) is 4.39 Å². The zero-order chi connectivity index (χ0) is 21.8. The van der Waals surface area contributed by atoms with E-state index in [9.17, 15) is 14.0 Å². The molecule has 31 heavy (non-hydrogen) atoms. The Bertz CT molecular complexity index is 920. The van der Waals surface area contributed by atoms with Crippen LogP contribution in [0.3, 0.4) is 0 Å². The van der Waals surface area contributed by atoms with Crippen LogP contribution in [0.2, 0.25) is 0 Å². The number of hydrogen-bond acceptors (Lipinski definition) is 3. The minimum atomic E-state index is -0.583. The number of hydrogen-bond donors (Lipinski definition) is 2. The van der Waals surface area contributed by atoms with Crippen molar-refractivity contribution < 1.29 is 14.0 Å². The lowest BCUT2D eigenvalue weighted by Gasteiger charge is -2.46. The van der Waals surface area contributed by atoms with Crippen molar-refractivity contribution in [2.24, 2.45) is 0 Å². The molecule has 0 radical (unpaired) electrons. The molecule has 1 saturated carbocycles. The number of benzene rings is 2. The quantitative estimate of drug-likeness (QED) is 0.749. The van der Waals surface area contributed by atoms with E-state index in [1.165, 1.54) is 43.4 Å². The normalized spacial score (nSPS) is 21.9. The fourth-order valence-electron chi connectivity index (χ4n) is 4.75. The summed E-state index contributed by atoms with van der Waals surface area (Å²) >= 11 is 0. The topological polar surface area (TPSA) is 61.4 Å². The van der Waals surface area contributed by atoms with Crippen LogP contribution in [-0.2, 0) is 4.79 Å². The average molecular weight is 424 g/mol. The third kappa shape index (κ3) is 5.31. The van der Waals surface area contributed by atoms with Gasteiger partial charge in [-0.3, -0.25) is 14.5 Å². The van der Waals surface area contributed by atoms with Gasteiger partial charge >= 0.3 is 0 Å². The largest absolute Gasteiger partial charge is 0.349 e. The summed E-state index contributed by atoms with van der Waals surface area (Å²) in [4.78, 5) is 26.8. The van der Waals surface area contributed by atoms with Crippen molar-refractivity contribution in [1.29, 1.82) is 0 Å². The van der Waals surface area contributed by atoms with Crippen molar-refractivity contribution in [2.45, 2.75) is 50.6 Å².